The van der Waals surface area contributed by atoms with Crippen LogP contribution in [0.5, 0.6) is 0 Å². The minimum absolute atomic E-state index is 0.450. The molecular formula is C10H19N5O. The molecule has 0 amide bonds. The third-order valence-corrected chi connectivity index (χ3v) is 3.00. The average molecular weight is 225 g/mol. The molecule has 1 fully saturated rings. The zero-order valence-corrected chi connectivity index (χ0v) is 9.59. The summed E-state index contributed by atoms with van der Waals surface area (Å²) in [6, 6.07) is 0.599. The van der Waals surface area contributed by atoms with Gasteiger partial charge in [-0.1, -0.05) is 5.21 Å². The van der Waals surface area contributed by atoms with Crippen molar-refractivity contribution in [3.05, 3.63) is 11.9 Å². The molecule has 0 aromatic carbocycles. The molecule has 2 rings (SSSR count). The minimum atomic E-state index is 0.450. The maximum atomic E-state index is 5.46. The van der Waals surface area contributed by atoms with E-state index in [0.717, 1.165) is 31.6 Å². The molecule has 90 valence electrons. The monoisotopic (exact) mass is 225 g/mol. The molecule has 0 radical (unpaired) electrons. The van der Waals surface area contributed by atoms with Crippen LogP contribution < -0.4 is 11.1 Å². The molecule has 0 aliphatic heterocycles. The molecule has 0 saturated heterocycles. The fraction of sp³-hybridized carbons (Fsp3) is 0.800. The smallest absolute Gasteiger partial charge is 0.0962 e. The first-order valence-corrected chi connectivity index (χ1v) is 5.67. The summed E-state index contributed by atoms with van der Waals surface area (Å²) in [6.07, 6.45) is 4.57. The summed E-state index contributed by atoms with van der Waals surface area (Å²) in [4.78, 5) is 0. The summed E-state index contributed by atoms with van der Waals surface area (Å²) in [5.41, 5.74) is 6.29. The summed E-state index contributed by atoms with van der Waals surface area (Å²) in [5.74, 6) is 0. The molecule has 1 saturated carbocycles. The van der Waals surface area contributed by atoms with E-state index >= 15 is 0 Å². The Morgan fingerprint density at radius 1 is 1.62 bits per heavy atom. The quantitative estimate of drug-likeness (QED) is 0.682. The zero-order chi connectivity index (χ0) is 11.4. The number of hydrogen-bond donors (Lipinski definition) is 2. The SMILES string of the molecule is COC1CC(NCCn2cc(CN)nn2)C1. The van der Waals surface area contributed by atoms with Crippen molar-refractivity contribution in [1.29, 1.82) is 0 Å². The number of nitrogens with zero attached hydrogens (tertiary/aromatic N) is 3. The van der Waals surface area contributed by atoms with Gasteiger partial charge in [-0.05, 0) is 12.8 Å². The van der Waals surface area contributed by atoms with Crippen LogP contribution in [0.3, 0.4) is 0 Å². The number of hydrogen-bond acceptors (Lipinski definition) is 5. The van der Waals surface area contributed by atoms with Gasteiger partial charge in [-0.25, -0.2) is 0 Å². The van der Waals surface area contributed by atoms with E-state index in [9.17, 15) is 0 Å². The lowest BCUT2D eigenvalue weighted by Gasteiger charge is -2.34. The van der Waals surface area contributed by atoms with Crippen molar-refractivity contribution in [3.8, 4) is 0 Å². The van der Waals surface area contributed by atoms with Gasteiger partial charge in [0.25, 0.3) is 0 Å². The van der Waals surface area contributed by atoms with Gasteiger partial charge >= 0.3 is 0 Å². The lowest BCUT2D eigenvalue weighted by atomic mass is 9.89. The van der Waals surface area contributed by atoms with Crippen LogP contribution in [0.1, 0.15) is 18.5 Å². The first kappa shape index (κ1) is 11.5. The third kappa shape index (κ3) is 2.78. The second-order valence-corrected chi connectivity index (χ2v) is 4.16. The van der Waals surface area contributed by atoms with E-state index in [1.165, 1.54) is 0 Å². The first-order valence-electron chi connectivity index (χ1n) is 5.67. The summed E-state index contributed by atoms with van der Waals surface area (Å²) in [6.45, 7) is 2.20. The Hall–Kier alpha value is -0.980. The Bertz CT molecular complexity index is 321. The number of methoxy groups -OCH3 is 1. The van der Waals surface area contributed by atoms with Gasteiger partial charge in [0, 0.05) is 32.4 Å². The molecule has 6 nitrogen and oxygen atoms in total. The number of rotatable bonds is 6. The maximum Gasteiger partial charge on any atom is 0.0962 e. The van der Waals surface area contributed by atoms with Crippen molar-refractivity contribution in [2.75, 3.05) is 13.7 Å². The number of aromatic nitrogens is 3. The summed E-state index contributed by atoms with van der Waals surface area (Å²) in [5, 5.41) is 11.4. The minimum Gasteiger partial charge on any atom is -0.381 e. The highest BCUT2D eigenvalue weighted by Gasteiger charge is 2.27. The fourth-order valence-corrected chi connectivity index (χ4v) is 1.85. The van der Waals surface area contributed by atoms with Gasteiger partial charge in [0.2, 0.25) is 0 Å². The molecule has 6 heteroatoms. The maximum absolute atomic E-state index is 5.46. The van der Waals surface area contributed by atoms with Gasteiger partial charge in [0.1, 0.15) is 0 Å². The molecule has 1 aliphatic carbocycles. The van der Waals surface area contributed by atoms with Crippen molar-refractivity contribution >= 4 is 0 Å². The molecule has 1 aliphatic rings. The van der Waals surface area contributed by atoms with Crippen LogP contribution in [0, 0.1) is 0 Å². The standard InChI is InChI=1S/C10H19N5O/c1-16-10-4-8(5-10)12-2-3-15-7-9(6-11)13-14-15/h7-8,10,12H,2-6,11H2,1H3. The second-order valence-electron chi connectivity index (χ2n) is 4.16. The summed E-state index contributed by atoms with van der Waals surface area (Å²) >= 11 is 0. The van der Waals surface area contributed by atoms with Crippen LogP contribution in [0.25, 0.3) is 0 Å². The van der Waals surface area contributed by atoms with Crippen LogP contribution in [0.15, 0.2) is 6.20 Å². The number of nitrogens with one attached hydrogen (secondary N) is 1. The first-order chi connectivity index (χ1) is 7.81. The molecular weight excluding hydrogens is 206 g/mol. The number of nitrogens with two attached hydrogens (primary N) is 1. The van der Waals surface area contributed by atoms with E-state index in [-0.39, 0.29) is 0 Å². The van der Waals surface area contributed by atoms with Crippen molar-refractivity contribution in [3.63, 3.8) is 0 Å². The highest BCUT2D eigenvalue weighted by molar-refractivity contribution is 4.90. The lowest BCUT2D eigenvalue weighted by Crippen LogP contribution is -2.45. The van der Waals surface area contributed by atoms with Gasteiger partial charge in [-0.15, -0.1) is 5.10 Å². The van der Waals surface area contributed by atoms with E-state index in [1.54, 1.807) is 7.11 Å². The average Bonchev–Trinajstić information content (AvgIpc) is 2.69. The van der Waals surface area contributed by atoms with E-state index in [1.807, 2.05) is 10.9 Å². The van der Waals surface area contributed by atoms with E-state index in [0.29, 0.717) is 18.7 Å². The van der Waals surface area contributed by atoms with Crippen molar-refractivity contribution < 1.29 is 4.74 Å². The van der Waals surface area contributed by atoms with Gasteiger partial charge in [0.05, 0.1) is 18.3 Å². The van der Waals surface area contributed by atoms with Gasteiger partial charge in [-0.3, -0.25) is 4.68 Å². The molecule has 0 bridgehead atoms. The van der Waals surface area contributed by atoms with Gasteiger partial charge < -0.3 is 15.8 Å². The van der Waals surface area contributed by atoms with Crippen LogP contribution in [0.4, 0.5) is 0 Å². The predicted octanol–water partition coefficient (Wildman–Crippen LogP) is -0.496. The Morgan fingerprint density at radius 3 is 3.06 bits per heavy atom. The molecule has 3 N–H and O–H groups in total. The molecule has 1 aromatic heterocycles. The predicted molar refractivity (Wildman–Crippen MR) is 59.7 cm³/mol. The van der Waals surface area contributed by atoms with E-state index in [2.05, 4.69) is 15.6 Å². The van der Waals surface area contributed by atoms with E-state index < -0.39 is 0 Å². The zero-order valence-electron chi connectivity index (χ0n) is 9.59. The van der Waals surface area contributed by atoms with Gasteiger partial charge in [-0.2, -0.15) is 0 Å². The van der Waals surface area contributed by atoms with Crippen LogP contribution >= 0.6 is 0 Å². The highest BCUT2D eigenvalue weighted by atomic mass is 16.5. The largest absolute Gasteiger partial charge is 0.381 e. The highest BCUT2D eigenvalue weighted by Crippen LogP contribution is 2.22. The normalized spacial score (nSPS) is 24.4. The second kappa shape index (κ2) is 5.38. The molecule has 0 unspecified atom stereocenters. The number of ether oxygens (including phenoxy) is 1. The van der Waals surface area contributed by atoms with Crippen LogP contribution in [0.2, 0.25) is 0 Å². The Morgan fingerprint density at radius 2 is 2.44 bits per heavy atom. The molecule has 0 spiro atoms. The topological polar surface area (TPSA) is 78.0 Å². The van der Waals surface area contributed by atoms with Crippen molar-refractivity contribution in [2.45, 2.75) is 38.1 Å². The molecule has 1 aromatic rings. The van der Waals surface area contributed by atoms with Crippen molar-refractivity contribution in [1.82, 2.24) is 20.3 Å². The Labute approximate surface area is 95.1 Å². The van der Waals surface area contributed by atoms with Gasteiger partial charge in [0.15, 0.2) is 0 Å². The fourth-order valence-electron chi connectivity index (χ4n) is 1.85. The van der Waals surface area contributed by atoms with E-state index in [4.69, 9.17) is 10.5 Å². The van der Waals surface area contributed by atoms with Crippen LogP contribution in [-0.2, 0) is 17.8 Å². The third-order valence-electron chi connectivity index (χ3n) is 3.00. The molecule has 16 heavy (non-hydrogen) atoms. The molecule has 1 heterocycles. The lowest BCUT2D eigenvalue weighted by molar-refractivity contribution is 0.0173. The molecule has 0 atom stereocenters. The Kier molecular flexibility index (Phi) is 3.87. The summed E-state index contributed by atoms with van der Waals surface area (Å²) in [7, 11) is 1.77. The summed E-state index contributed by atoms with van der Waals surface area (Å²) < 4.78 is 7.04. The van der Waals surface area contributed by atoms with Crippen LogP contribution in [-0.4, -0.2) is 40.8 Å². The Balaban J connectivity index is 1.61. The van der Waals surface area contributed by atoms with Crippen molar-refractivity contribution in [2.24, 2.45) is 5.73 Å².